The van der Waals surface area contributed by atoms with E-state index >= 15 is 0 Å². The van der Waals surface area contributed by atoms with Gasteiger partial charge in [0.25, 0.3) is 0 Å². The van der Waals surface area contributed by atoms with Crippen LogP contribution in [0, 0.1) is 5.82 Å². The van der Waals surface area contributed by atoms with E-state index in [0.717, 1.165) is 0 Å². The van der Waals surface area contributed by atoms with E-state index in [1.165, 1.54) is 12.1 Å². The SMILES string of the molecule is CCOC(=O)C1=C(c2ccncc2)c2[nH]c3ccc(F)cc3c2NC(=O)C1. The van der Waals surface area contributed by atoms with E-state index in [2.05, 4.69) is 15.3 Å². The zero-order valence-corrected chi connectivity index (χ0v) is 14.5. The zero-order valence-electron chi connectivity index (χ0n) is 14.5. The first-order chi connectivity index (χ1) is 13.1. The normalized spacial score (nSPS) is 13.9. The number of H-pyrrole nitrogens is 1. The van der Waals surface area contributed by atoms with Crippen molar-refractivity contribution in [2.75, 3.05) is 11.9 Å². The molecule has 0 atom stereocenters. The molecule has 6 nitrogen and oxygen atoms in total. The largest absolute Gasteiger partial charge is 0.463 e. The Morgan fingerprint density at radius 3 is 2.78 bits per heavy atom. The van der Waals surface area contributed by atoms with Gasteiger partial charge in [0.05, 0.1) is 30.0 Å². The third kappa shape index (κ3) is 2.97. The van der Waals surface area contributed by atoms with Crippen molar-refractivity contribution >= 4 is 34.0 Å². The number of aromatic amines is 1. The number of rotatable bonds is 3. The molecule has 3 heterocycles. The van der Waals surface area contributed by atoms with E-state index in [9.17, 15) is 14.0 Å². The summed E-state index contributed by atoms with van der Waals surface area (Å²) in [5, 5.41) is 3.33. The Hall–Kier alpha value is -3.48. The van der Waals surface area contributed by atoms with Crippen molar-refractivity contribution in [3.63, 3.8) is 0 Å². The van der Waals surface area contributed by atoms with Crippen LogP contribution in [0.5, 0.6) is 0 Å². The first kappa shape index (κ1) is 17.0. The number of ether oxygens (including phenoxy) is 1. The second kappa shape index (κ2) is 6.68. The number of halogens is 1. The van der Waals surface area contributed by atoms with Crippen LogP contribution in [0.4, 0.5) is 10.1 Å². The monoisotopic (exact) mass is 365 g/mol. The Labute approximate surface area is 154 Å². The molecule has 1 aliphatic heterocycles. The van der Waals surface area contributed by atoms with E-state index in [0.29, 0.717) is 33.4 Å². The average Bonchev–Trinajstić information content (AvgIpc) is 2.91. The number of benzene rings is 1. The molecule has 2 N–H and O–H groups in total. The fourth-order valence-electron chi connectivity index (χ4n) is 3.29. The molecule has 3 aromatic rings. The maximum Gasteiger partial charge on any atom is 0.335 e. The molecule has 4 rings (SSSR count). The molecule has 136 valence electrons. The van der Waals surface area contributed by atoms with Crippen LogP contribution in [0.1, 0.15) is 24.6 Å². The van der Waals surface area contributed by atoms with Crippen LogP contribution >= 0.6 is 0 Å². The highest BCUT2D eigenvalue weighted by molar-refractivity contribution is 6.16. The quantitative estimate of drug-likeness (QED) is 0.697. The minimum absolute atomic E-state index is 0.143. The van der Waals surface area contributed by atoms with Crippen LogP contribution in [0.15, 0.2) is 48.3 Å². The van der Waals surface area contributed by atoms with Crippen LogP contribution in [0.2, 0.25) is 0 Å². The van der Waals surface area contributed by atoms with Crippen molar-refractivity contribution in [2.45, 2.75) is 13.3 Å². The predicted octanol–water partition coefficient (Wildman–Crippen LogP) is 3.41. The van der Waals surface area contributed by atoms with Gasteiger partial charge in [0.2, 0.25) is 5.91 Å². The van der Waals surface area contributed by atoms with E-state index in [1.807, 2.05) is 0 Å². The van der Waals surface area contributed by atoms with Gasteiger partial charge in [-0.15, -0.1) is 0 Å². The Bertz CT molecular complexity index is 1090. The lowest BCUT2D eigenvalue weighted by molar-refractivity contribution is -0.139. The molecule has 0 saturated carbocycles. The molecular formula is C20H16FN3O3. The summed E-state index contributed by atoms with van der Waals surface area (Å²) in [6.07, 6.45) is 3.07. The highest BCUT2D eigenvalue weighted by Gasteiger charge is 2.30. The van der Waals surface area contributed by atoms with Gasteiger partial charge < -0.3 is 15.0 Å². The number of carbonyl (C=O) groups excluding carboxylic acids is 2. The van der Waals surface area contributed by atoms with Crippen molar-refractivity contribution in [2.24, 2.45) is 0 Å². The number of hydrogen-bond acceptors (Lipinski definition) is 4. The van der Waals surface area contributed by atoms with Crippen LogP contribution in [0.3, 0.4) is 0 Å². The fourth-order valence-corrected chi connectivity index (χ4v) is 3.29. The third-order valence-electron chi connectivity index (χ3n) is 4.40. The average molecular weight is 365 g/mol. The first-order valence-corrected chi connectivity index (χ1v) is 8.50. The number of hydrogen-bond donors (Lipinski definition) is 2. The zero-order chi connectivity index (χ0) is 19.0. The molecule has 0 saturated heterocycles. The molecule has 0 spiro atoms. The predicted molar refractivity (Wildman–Crippen MR) is 98.4 cm³/mol. The summed E-state index contributed by atoms with van der Waals surface area (Å²) in [5.41, 5.74) is 3.12. The number of amides is 1. The Balaban J connectivity index is 2.06. The third-order valence-corrected chi connectivity index (χ3v) is 4.40. The minimum Gasteiger partial charge on any atom is -0.463 e. The lowest BCUT2D eigenvalue weighted by Gasteiger charge is -2.12. The Morgan fingerprint density at radius 2 is 2.04 bits per heavy atom. The molecule has 0 unspecified atom stereocenters. The number of nitrogens with zero attached hydrogens (tertiary/aromatic N) is 1. The molecule has 1 aliphatic rings. The van der Waals surface area contributed by atoms with Gasteiger partial charge in [0, 0.05) is 28.9 Å². The van der Waals surface area contributed by atoms with Gasteiger partial charge in [-0.05, 0) is 42.8 Å². The van der Waals surface area contributed by atoms with Crippen LogP contribution in [-0.2, 0) is 14.3 Å². The molecule has 1 aromatic carbocycles. The van der Waals surface area contributed by atoms with Crippen molar-refractivity contribution in [3.8, 4) is 0 Å². The minimum atomic E-state index is -0.558. The Morgan fingerprint density at radius 1 is 1.26 bits per heavy atom. The van der Waals surface area contributed by atoms with Crippen molar-refractivity contribution in [1.82, 2.24) is 9.97 Å². The summed E-state index contributed by atoms with van der Waals surface area (Å²) < 4.78 is 19.0. The van der Waals surface area contributed by atoms with Gasteiger partial charge in [-0.3, -0.25) is 9.78 Å². The van der Waals surface area contributed by atoms with E-state index in [1.54, 1.807) is 37.5 Å². The standard InChI is InChI=1S/C20H16FN3O3/c1-2-27-20(26)14-10-16(25)24-18-13-9-12(21)3-4-15(13)23-19(18)17(14)11-5-7-22-8-6-11/h3-9,23H,2,10H2,1H3,(H,24,25). The maximum atomic E-state index is 13.8. The number of fused-ring (bicyclic) bond motifs is 3. The van der Waals surface area contributed by atoms with E-state index in [-0.39, 0.29) is 24.5 Å². The topological polar surface area (TPSA) is 84.1 Å². The number of esters is 1. The molecule has 0 radical (unpaired) electrons. The molecule has 0 aliphatic carbocycles. The smallest absolute Gasteiger partial charge is 0.335 e. The second-order valence-electron chi connectivity index (χ2n) is 6.10. The summed E-state index contributed by atoms with van der Waals surface area (Å²) in [5.74, 6) is -1.34. The number of pyridine rings is 1. The summed E-state index contributed by atoms with van der Waals surface area (Å²) in [4.78, 5) is 32.3. The summed E-state index contributed by atoms with van der Waals surface area (Å²) in [7, 11) is 0. The van der Waals surface area contributed by atoms with Gasteiger partial charge in [-0.25, -0.2) is 9.18 Å². The number of anilines is 1. The fraction of sp³-hybridized carbons (Fsp3) is 0.150. The maximum absolute atomic E-state index is 13.8. The highest BCUT2D eigenvalue weighted by atomic mass is 19.1. The van der Waals surface area contributed by atoms with Crippen LogP contribution in [-0.4, -0.2) is 28.5 Å². The lowest BCUT2D eigenvalue weighted by Crippen LogP contribution is -2.16. The summed E-state index contributed by atoms with van der Waals surface area (Å²) in [6.45, 7) is 1.90. The number of aromatic nitrogens is 2. The molecule has 7 heteroatoms. The van der Waals surface area contributed by atoms with Gasteiger partial charge >= 0.3 is 5.97 Å². The van der Waals surface area contributed by atoms with Crippen molar-refractivity contribution in [3.05, 3.63) is 65.4 Å². The number of carbonyl (C=O) groups is 2. The van der Waals surface area contributed by atoms with Crippen molar-refractivity contribution in [1.29, 1.82) is 0 Å². The van der Waals surface area contributed by atoms with Gasteiger partial charge in [0.1, 0.15) is 5.82 Å². The summed E-state index contributed by atoms with van der Waals surface area (Å²) in [6, 6.07) is 7.78. The number of nitrogens with one attached hydrogen (secondary N) is 2. The van der Waals surface area contributed by atoms with E-state index in [4.69, 9.17) is 4.74 Å². The first-order valence-electron chi connectivity index (χ1n) is 8.50. The van der Waals surface area contributed by atoms with Crippen LogP contribution in [0.25, 0.3) is 16.5 Å². The molecule has 0 bridgehead atoms. The molecule has 1 amide bonds. The van der Waals surface area contributed by atoms with E-state index < -0.39 is 11.8 Å². The molecule has 0 fully saturated rings. The molecule has 2 aromatic heterocycles. The summed E-state index contributed by atoms with van der Waals surface area (Å²) >= 11 is 0. The lowest BCUT2D eigenvalue weighted by atomic mass is 9.96. The molecule has 27 heavy (non-hydrogen) atoms. The van der Waals surface area contributed by atoms with Crippen molar-refractivity contribution < 1.29 is 18.7 Å². The highest BCUT2D eigenvalue weighted by Crippen LogP contribution is 2.40. The molecular weight excluding hydrogens is 349 g/mol. The van der Waals surface area contributed by atoms with Crippen LogP contribution < -0.4 is 5.32 Å². The van der Waals surface area contributed by atoms with Gasteiger partial charge in [-0.2, -0.15) is 0 Å². The van der Waals surface area contributed by atoms with Gasteiger partial charge in [0.15, 0.2) is 0 Å². The Kier molecular flexibility index (Phi) is 4.19. The second-order valence-corrected chi connectivity index (χ2v) is 6.10. The van der Waals surface area contributed by atoms with Gasteiger partial charge in [-0.1, -0.05) is 0 Å².